The Balaban J connectivity index is 0.00000338. The number of sulfonamides is 1. The summed E-state index contributed by atoms with van der Waals surface area (Å²) in [5.74, 6) is -2.73. The summed E-state index contributed by atoms with van der Waals surface area (Å²) in [4.78, 5) is 12.0. The highest BCUT2D eigenvalue weighted by atomic mass is 35.5. The minimum absolute atomic E-state index is 0. The number of morpholine rings is 1. The Bertz CT molecular complexity index is 728. The van der Waals surface area contributed by atoms with Crippen LogP contribution in [0, 0.1) is 11.6 Å². The van der Waals surface area contributed by atoms with Crippen LogP contribution in [0.15, 0.2) is 12.1 Å². The fraction of sp³-hybridized carbons (Fsp3) is 0.533. The molecule has 1 heterocycles. The van der Waals surface area contributed by atoms with Gasteiger partial charge < -0.3 is 15.4 Å². The monoisotopic (exact) mass is 413 g/mol. The van der Waals surface area contributed by atoms with Gasteiger partial charge in [-0.25, -0.2) is 17.2 Å². The SMILES string of the molecule is CCCS(=O)(=O)Nc1cc(NC(=O)CC2COCCN2)c(F)cc1F.Cl. The topological polar surface area (TPSA) is 96.5 Å². The number of hydrogen-bond acceptors (Lipinski definition) is 5. The van der Waals surface area contributed by atoms with Crippen molar-refractivity contribution in [2.75, 3.05) is 35.6 Å². The number of carbonyl (C=O) groups is 1. The number of nitrogens with one attached hydrogen (secondary N) is 3. The van der Waals surface area contributed by atoms with Crippen LogP contribution in [0.1, 0.15) is 19.8 Å². The Morgan fingerprint density at radius 3 is 2.62 bits per heavy atom. The van der Waals surface area contributed by atoms with Crippen molar-refractivity contribution in [3.8, 4) is 0 Å². The maximum atomic E-state index is 13.9. The number of hydrogen-bond donors (Lipinski definition) is 3. The summed E-state index contributed by atoms with van der Waals surface area (Å²) in [6.45, 7) is 3.20. The first-order chi connectivity index (χ1) is 11.8. The van der Waals surface area contributed by atoms with E-state index < -0.39 is 33.3 Å². The van der Waals surface area contributed by atoms with Crippen LogP contribution in [0.25, 0.3) is 0 Å². The standard InChI is InChI=1S/C15H21F2N3O4S.ClH/c1-2-5-25(22,23)20-14-8-13(11(16)7-12(14)17)19-15(21)6-10-9-24-4-3-18-10;/h7-8,10,18,20H,2-6,9H2,1H3,(H,19,21);1H. The first kappa shape index (κ1) is 22.6. The van der Waals surface area contributed by atoms with Gasteiger partial charge in [0, 0.05) is 25.1 Å². The third kappa shape index (κ3) is 6.67. The van der Waals surface area contributed by atoms with Crippen LogP contribution in [0.2, 0.25) is 0 Å². The molecule has 2 rings (SSSR count). The summed E-state index contributed by atoms with van der Waals surface area (Å²) in [6, 6.07) is 1.27. The molecule has 1 atom stereocenters. The number of benzene rings is 1. The number of halogens is 3. The van der Waals surface area contributed by atoms with Gasteiger partial charge in [0.2, 0.25) is 15.9 Å². The van der Waals surface area contributed by atoms with E-state index in [0.29, 0.717) is 32.2 Å². The van der Waals surface area contributed by atoms with Crippen LogP contribution < -0.4 is 15.4 Å². The zero-order valence-corrected chi connectivity index (χ0v) is 15.8. The molecule has 0 saturated carbocycles. The van der Waals surface area contributed by atoms with Gasteiger partial charge in [-0.1, -0.05) is 6.92 Å². The van der Waals surface area contributed by atoms with Gasteiger partial charge in [0.25, 0.3) is 0 Å². The summed E-state index contributed by atoms with van der Waals surface area (Å²) in [5, 5.41) is 5.42. The molecule has 0 spiro atoms. The minimum atomic E-state index is -3.74. The van der Waals surface area contributed by atoms with Crippen molar-refractivity contribution >= 4 is 39.7 Å². The van der Waals surface area contributed by atoms with Crippen molar-refractivity contribution in [3.63, 3.8) is 0 Å². The first-order valence-corrected chi connectivity index (χ1v) is 9.56. The summed E-state index contributed by atoms with van der Waals surface area (Å²) >= 11 is 0. The lowest BCUT2D eigenvalue weighted by Gasteiger charge is -2.23. The number of carbonyl (C=O) groups excluding carboxylic acids is 1. The van der Waals surface area contributed by atoms with E-state index in [1.54, 1.807) is 6.92 Å². The quantitative estimate of drug-likeness (QED) is 0.634. The second kappa shape index (κ2) is 10.0. The molecule has 11 heteroatoms. The van der Waals surface area contributed by atoms with E-state index >= 15 is 0 Å². The van der Waals surface area contributed by atoms with Crippen LogP contribution in [0.5, 0.6) is 0 Å². The molecule has 1 aliphatic heterocycles. The average molecular weight is 414 g/mol. The molecule has 1 unspecified atom stereocenters. The first-order valence-electron chi connectivity index (χ1n) is 7.91. The molecule has 3 N–H and O–H groups in total. The van der Waals surface area contributed by atoms with Crippen molar-refractivity contribution in [1.82, 2.24) is 5.32 Å². The second-order valence-electron chi connectivity index (χ2n) is 5.71. The van der Waals surface area contributed by atoms with Gasteiger partial charge in [-0.15, -0.1) is 12.4 Å². The number of rotatable bonds is 7. The average Bonchev–Trinajstić information content (AvgIpc) is 2.52. The number of ether oxygens (including phenoxy) is 1. The maximum absolute atomic E-state index is 13.9. The zero-order valence-electron chi connectivity index (χ0n) is 14.2. The van der Waals surface area contributed by atoms with Gasteiger partial charge in [0.05, 0.1) is 30.3 Å². The smallest absolute Gasteiger partial charge is 0.232 e. The lowest BCUT2D eigenvalue weighted by atomic mass is 10.2. The van der Waals surface area contributed by atoms with E-state index in [0.717, 1.165) is 6.07 Å². The number of amides is 1. The van der Waals surface area contributed by atoms with Crippen molar-refractivity contribution < 1.29 is 26.7 Å². The van der Waals surface area contributed by atoms with Gasteiger partial charge in [0.15, 0.2) is 0 Å². The fourth-order valence-electron chi connectivity index (χ4n) is 2.39. The molecule has 1 saturated heterocycles. The lowest BCUT2D eigenvalue weighted by molar-refractivity contribution is -0.117. The summed E-state index contributed by atoms with van der Waals surface area (Å²) < 4.78 is 58.5. The highest BCUT2D eigenvalue weighted by Gasteiger charge is 2.20. The molecule has 7 nitrogen and oxygen atoms in total. The molecule has 1 aromatic rings. The van der Waals surface area contributed by atoms with E-state index in [4.69, 9.17) is 4.74 Å². The van der Waals surface area contributed by atoms with E-state index in [1.807, 2.05) is 0 Å². The van der Waals surface area contributed by atoms with Crippen LogP contribution in [0.3, 0.4) is 0 Å². The predicted molar refractivity (Wildman–Crippen MR) is 97.2 cm³/mol. The third-order valence-electron chi connectivity index (χ3n) is 3.50. The van der Waals surface area contributed by atoms with Crippen molar-refractivity contribution in [1.29, 1.82) is 0 Å². The lowest BCUT2D eigenvalue weighted by Crippen LogP contribution is -2.43. The van der Waals surface area contributed by atoms with E-state index in [2.05, 4.69) is 15.4 Å². The van der Waals surface area contributed by atoms with E-state index in [9.17, 15) is 22.0 Å². The highest BCUT2D eigenvalue weighted by Crippen LogP contribution is 2.24. The van der Waals surface area contributed by atoms with Crippen molar-refractivity contribution in [3.05, 3.63) is 23.8 Å². The predicted octanol–water partition coefficient (Wildman–Crippen LogP) is 1.86. The van der Waals surface area contributed by atoms with E-state index in [1.165, 1.54) is 0 Å². The molecular weight excluding hydrogens is 392 g/mol. The highest BCUT2D eigenvalue weighted by molar-refractivity contribution is 7.92. The minimum Gasteiger partial charge on any atom is -0.378 e. The van der Waals surface area contributed by atoms with Gasteiger partial charge in [-0.05, 0) is 12.5 Å². The zero-order chi connectivity index (χ0) is 18.4. The third-order valence-corrected chi connectivity index (χ3v) is 4.98. The van der Waals surface area contributed by atoms with Crippen molar-refractivity contribution in [2.24, 2.45) is 0 Å². The van der Waals surface area contributed by atoms with Crippen LogP contribution >= 0.6 is 12.4 Å². The molecule has 1 fully saturated rings. The summed E-state index contributed by atoms with van der Waals surface area (Å²) in [7, 11) is -3.74. The molecule has 0 radical (unpaired) electrons. The molecule has 1 amide bonds. The van der Waals surface area contributed by atoms with E-state index in [-0.39, 0.29) is 36.3 Å². The molecular formula is C15H22ClF2N3O4S. The van der Waals surface area contributed by atoms with Gasteiger partial charge in [0.1, 0.15) is 11.6 Å². The number of anilines is 2. The summed E-state index contributed by atoms with van der Waals surface area (Å²) in [6.07, 6.45) is 0.395. The Morgan fingerprint density at radius 1 is 1.31 bits per heavy atom. The van der Waals surface area contributed by atoms with Gasteiger partial charge >= 0.3 is 0 Å². The van der Waals surface area contributed by atoms with Crippen molar-refractivity contribution in [2.45, 2.75) is 25.8 Å². The normalized spacial score (nSPS) is 17.3. The molecule has 1 aliphatic rings. The fourth-order valence-corrected chi connectivity index (χ4v) is 3.52. The van der Waals surface area contributed by atoms with Gasteiger partial charge in [-0.3, -0.25) is 9.52 Å². The Hall–Kier alpha value is -1.49. The second-order valence-corrected chi connectivity index (χ2v) is 7.55. The molecule has 0 aliphatic carbocycles. The van der Waals surface area contributed by atoms with Gasteiger partial charge in [-0.2, -0.15) is 0 Å². The van der Waals surface area contributed by atoms with Crippen LogP contribution in [0.4, 0.5) is 20.2 Å². The largest absolute Gasteiger partial charge is 0.378 e. The molecule has 0 bridgehead atoms. The Labute approximate surface area is 157 Å². The van der Waals surface area contributed by atoms with Crippen LogP contribution in [-0.2, 0) is 19.6 Å². The Morgan fingerprint density at radius 2 is 2.00 bits per heavy atom. The molecule has 0 aromatic heterocycles. The molecule has 1 aromatic carbocycles. The Kier molecular flexibility index (Phi) is 8.68. The molecule has 26 heavy (non-hydrogen) atoms. The molecule has 148 valence electrons. The van der Waals surface area contributed by atoms with Crippen LogP contribution in [-0.4, -0.2) is 45.9 Å². The maximum Gasteiger partial charge on any atom is 0.232 e. The summed E-state index contributed by atoms with van der Waals surface area (Å²) in [5.41, 5.74) is -0.707.